The molecule has 9 atom stereocenters. The van der Waals surface area contributed by atoms with Crippen LogP contribution in [0.15, 0.2) is 10.5 Å². The highest BCUT2D eigenvalue weighted by Gasteiger charge is 2.61. The van der Waals surface area contributed by atoms with Gasteiger partial charge >= 0.3 is 0 Å². The molecule has 1 heterocycles. The van der Waals surface area contributed by atoms with Crippen LogP contribution in [0.3, 0.4) is 0 Å². The minimum Gasteiger partial charge on any atom is -0.127 e. The maximum absolute atomic E-state index is 2.93. The van der Waals surface area contributed by atoms with E-state index in [1.165, 1.54) is 44.9 Å². The summed E-state index contributed by atoms with van der Waals surface area (Å²) in [5.41, 5.74) is 5.08. The van der Waals surface area contributed by atoms with Crippen LogP contribution in [0, 0.1) is 70.0 Å². The minimum atomic E-state index is -1.46. The molecule has 246 valence electrons. The SMILES string of the molecule is CC1=C(C2CCC(C(C)(C)C)CC2)C2CC(C)C([Si](C)(C)C3C(C)CC4C(C5CCC(C(C)(C)C)CC5)CCCC43)C2S1. The molecule has 0 aromatic carbocycles. The van der Waals surface area contributed by atoms with E-state index < -0.39 is 8.07 Å². The number of hydrogen-bond donors (Lipinski definition) is 0. The molecule has 0 aromatic heterocycles. The lowest BCUT2D eigenvalue weighted by Crippen LogP contribution is -2.47. The Morgan fingerprint density at radius 3 is 1.74 bits per heavy atom. The second-order valence-corrected chi connectivity index (χ2v) is 26.7. The van der Waals surface area contributed by atoms with Crippen molar-refractivity contribution in [3.63, 3.8) is 0 Å². The van der Waals surface area contributed by atoms with E-state index in [0.29, 0.717) is 10.8 Å². The second-order valence-electron chi connectivity index (χ2n) is 20.3. The second kappa shape index (κ2) is 12.1. The predicted molar refractivity (Wildman–Crippen MR) is 194 cm³/mol. The van der Waals surface area contributed by atoms with Crippen molar-refractivity contribution in [2.75, 3.05) is 0 Å². The van der Waals surface area contributed by atoms with Crippen molar-refractivity contribution in [2.45, 2.75) is 175 Å². The van der Waals surface area contributed by atoms with E-state index in [4.69, 9.17) is 0 Å². The molecule has 0 amide bonds. The Morgan fingerprint density at radius 1 is 0.628 bits per heavy atom. The van der Waals surface area contributed by atoms with E-state index in [9.17, 15) is 0 Å². The van der Waals surface area contributed by atoms with Gasteiger partial charge in [0.1, 0.15) is 0 Å². The van der Waals surface area contributed by atoms with Crippen molar-refractivity contribution in [2.24, 2.45) is 70.0 Å². The van der Waals surface area contributed by atoms with E-state index in [0.717, 1.165) is 75.5 Å². The van der Waals surface area contributed by atoms with Crippen molar-refractivity contribution in [1.82, 2.24) is 0 Å². The van der Waals surface area contributed by atoms with Gasteiger partial charge in [0.15, 0.2) is 0 Å². The van der Waals surface area contributed by atoms with Crippen molar-refractivity contribution in [3.05, 3.63) is 10.5 Å². The third kappa shape index (κ3) is 6.08. The summed E-state index contributed by atoms with van der Waals surface area (Å²) in [5, 5.41) is 0.922. The summed E-state index contributed by atoms with van der Waals surface area (Å²) in [6.45, 7) is 28.8. The molecule has 5 fully saturated rings. The number of fused-ring (bicyclic) bond motifs is 2. The highest BCUT2D eigenvalue weighted by molar-refractivity contribution is 8.04. The van der Waals surface area contributed by atoms with Gasteiger partial charge in [-0.15, -0.1) is 11.8 Å². The molecule has 5 saturated carbocycles. The number of thioether (sulfide) groups is 1. The molecule has 43 heavy (non-hydrogen) atoms. The highest BCUT2D eigenvalue weighted by Crippen LogP contribution is 2.68. The van der Waals surface area contributed by atoms with Crippen molar-refractivity contribution in [3.8, 4) is 0 Å². The first-order valence-corrected chi connectivity index (χ1v) is 23.5. The van der Waals surface area contributed by atoms with Crippen LogP contribution < -0.4 is 0 Å². The highest BCUT2D eigenvalue weighted by atomic mass is 32.2. The van der Waals surface area contributed by atoms with Crippen LogP contribution in [-0.4, -0.2) is 13.3 Å². The zero-order valence-electron chi connectivity index (χ0n) is 30.6. The Labute approximate surface area is 274 Å². The van der Waals surface area contributed by atoms with Crippen LogP contribution in [-0.2, 0) is 0 Å². The maximum Gasteiger partial charge on any atom is 0.0555 e. The molecule has 0 radical (unpaired) electrons. The Bertz CT molecular complexity index is 1000. The molecular weight excluding hydrogens is 553 g/mol. The Hall–Kier alpha value is 0.307. The van der Waals surface area contributed by atoms with Gasteiger partial charge in [-0.3, -0.25) is 0 Å². The topological polar surface area (TPSA) is 0 Å². The van der Waals surface area contributed by atoms with Crippen molar-refractivity contribution < 1.29 is 0 Å². The first kappa shape index (κ1) is 33.2. The average Bonchev–Trinajstić information content (AvgIpc) is 3.54. The standard InChI is InChI=1S/C41H72SSi/c1-25-23-34-32(28-15-19-30(20-16-28)40(4,5)6)13-12-14-33(34)38(25)43(10,11)39-26(2)24-35-36(27(3)42-37(35)39)29-17-21-31(22-18-29)41(7,8)9/h25-26,28-35,37-39H,12-24H2,1-11H3. The molecule has 0 nitrogen and oxygen atoms in total. The third-order valence-electron chi connectivity index (χ3n) is 15.7. The van der Waals surface area contributed by atoms with Crippen molar-refractivity contribution >= 4 is 19.8 Å². The molecule has 6 rings (SSSR count). The third-order valence-corrected chi connectivity index (χ3v) is 22.8. The molecule has 0 bridgehead atoms. The van der Waals surface area contributed by atoms with Crippen LogP contribution in [0.5, 0.6) is 0 Å². The minimum absolute atomic E-state index is 0.490. The molecule has 1 aliphatic heterocycles. The van der Waals surface area contributed by atoms with Crippen LogP contribution >= 0.6 is 11.8 Å². The van der Waals surface area contributed by atoms with Crippen LogP contribution in [0.25, 0.3) is 0 Å². The van der Waals surface area contributed by atoms with E-state index in [1.807, 2.05) is 5.57 Å². The summed E-state index contributed by atoms with van der Waals surface area (Å²) in [7, 11) is -1.46. The largest absolute Gasteiger partial charge is 0.127 e. The predicted octanol–water partition coefficient (Wildman–Crippen LogP) is 13.3. The first-order chi connectivity index (χ1) is 20.1. The lowest BCUT2D eigenvalue weighted by molar-refractivity contribution is 0.0638. The van der Waals surface area contributed by atoms with Gasteiger partial charge in [-0.1, -0.05) is 86.9 Å². The molecule has 0 N–H and O–H groups in total. The Balaban J connectivity index is 1.16. The normalized spacial score (nSPS) is 46.3. The number of hydrogen-bond acceptors (Lipinski definition) is 1. The lowest BCUT2D eigenvalue weighted by atomic mass is 9.61. The van der Waals surface area contributed by atoms with Crippen LogP contribution in [0.1, 0.15) is 146 Å². The zero-order chi connectivity index (χ0) is 31.1. The van der Waals surface area contributed by atoms with Gasteiger partial charge in [0.05, 0.1) is 8.07 Å². The molecule has 9 unspecified atom stereocenters. The number of allylic oxidation sites excluding steroid dienone is 2. The molecule has 5 aliphatic carbocycles. The fourth-order valence-corrected chi connectivity index (χ4v) is 23.1. The van der Waals surface area contributed by atoms with E-state index in [2.05, 4.69) is 87.2 Å². The number of rotatable bonds is 4. The monoisotopic (exact) mass is 625 g/mol. The maximum atomic E-state index is 2.93. The molecule has 2 heteroatoms. The smallest absolute Gasteiger partial charge is 0.0555 e. The summed E-state index contributed by atoms with van der Waals surface area (Å²) >= 11 is 2.41. The molecular formula is C41H72SSi. The first-order valence-electron chi connectivity index (χ1n) is 19.5. The Kier molecular flexibility index (Phi) is 9.33. The summed E-state index contributed by atoms with van der Waals surface area (Å²) in [4.78, 5) is 1.79. The van der Waals surface area contributed by atoms with Gasteiger partial charge in [0, 0.05) is 5.25 Å². The average molecular weight is 625 g/mol. The molecule has 6 aliphatic rings. The summed E-state index contributed by atoms with van der Waals surface area (Å²) in [6.07, 6.45) is 19.8. The molecule has 0 saturated heterocycles. The Morgan fingerprint density at radius 2 is 1.16 bits per heavy atom. The van der Waals surface area contributed by atoms with E-state index >= 15 is 0 Å². The van der Waals surface area contributed by atoms with Crippen LogP contribution in [0.4, 0.5) is 0 Å². The zero-order valence-corrected chi connectivity index (χ0v) is 32.4. The fraction of sp³-hybridized carbons (Fsp3) is 0.951. The van der Waals surface area contributed by atoms with Gasteiger partial charge in [-0.25, -0.2) is 0 Å². The van der Waals surface area contributed by atoms with Gasteiger partial charge < -0.3 is 0 Å². The van der Waals surface area contributed by atoms with Crippen molar-refractivity contribution in [1.29, 1.82) is 0 Å². The summed E-state index contributed by atoms with van der Waals surface area (Å²) in [6, 6.07) is 0. The molecule has 0 aromatic rings. The van der Waals surface area contributed by atoms with Gasteiger partial charge in [0.25, 0.3) is 0 Å². The van der Waals surface area contributed by atoms with Crippen LogP contribution in [0.2, 0.25) is 24.2 Å². The summed E-state index contributed by atoms with van der Waals surface area (Å²) < 4.78 is 0. The van der Waals surface area contributed by atoms with Gasteiger partial charge in [-0.2, -0.15) is 0 Å². The van der Waals surface area contributed by atoms with Gasteiger partial charge in [-0.05, 0) is 164 Å². The van der Waals surface area contributed by atoms with E-state index in [1.54, 1.807) is 43.4 Å². The quantitative estimate of drug-likeness (QED) is 0.280. The lowest BCUT2D eigenvalue weighted by Gasteiger charge is -2.49. The van der Waals surface area contributed by atoms with E-state index in [-0.39, 0.29) is 0 Å². The summed E-state index contributed by atoms with van der Waals surface area (Å²) in [5.74, 6) is 9.86. The van der Waals surface area contributed by atoms with Gasteiger partial charge in [0.2, 0.25) is 0 Å². The molecule has 0 spiro atoms. The fourth-order valence-electron chi connectivity index (χ4n) is 13.9.